The summed E-state index contributed by atoms with van der Waals surface area (Å²) in [6.07, 6.45) is 0. The second-order valence-corrected chi connectivity index (χ2v) is 6.07. The van der Waals surface area contributed by atoms with Gasteiger partial charge in [-0.2, -0.15) is 5.26 Å². The molecule has 0 spiro atoms. The molecule has 0 bridgehead atoms. The number of halogens is 1. The molecule has 0 amide bonds. The predicted octanol–water partition coefficient (Wildman–Crippen LogP) is 2.42. The topological polar surface area (TPSA) is 96.0 Å². The highest BCUT2D eigenvalue weighted by molar-refractivity contribution is 9.10. The summed E-state index contributed by atoms with van der Waals surface area (Å²) in [5.74, 6) is -0.0229. The zero-order valence-electron chi connectivity index (χ0n) is 9.71. The van der Waals surface area contributed by atoms with Gasteiger partial charge in [0.15, 0.2) is 0 Å². The van der Waals surface area contributed by atoms with Crippen molar-refractivity contribution >= 4 is 31.8 Å². The lowest BCUT2D eigenvalue weighted by Gasteiger charge is -2.06. The van der Waals surface area contributed by atoms with Gasteiger partial charge in [0.25, 0.3) is 15.9 Å². The molecular weight excluding hydrogens is 334 g/mol. The molecule has 0 saturated carbocycles. The number of aromatic nitrogens is 1. The summed E-state index contributed by atoms with van der Waals surface area (Å²) in [5, 5.41) is 12.5. The van der Waals surface area contributed by atoms with Gasteiger partial charge in [-0.1, -0.05) is 17.3 Å². The van der Waals surface area contributed by atoms with E-state index in [-0.39, 0.29) is 16.3 Å². The Hall–Kier alpha value is -1.85. The number of nitriles is 1. The van der Waals surface area contributed by atoms with Crippen molar-refractivity contribution < 1.29 is 12.9 Å². The Morgan fingerprint density at radius 2 is 2.11 bits per heavy atom. The van der Waals surface area contributed by atoms with Crippen LogP contribution in [0, 0.1) is 18.3 Å². The van der Waals surface area contributed by atoms with Crippen LogP contribution in [0.1, 0.15) is 11.3 Å². The van der Waals surface area contributed by atoms with Gasteiger partial charge >= 0.3 is 0 Å². The number of rotatable bonds is 3. The van der Waals surface area contributed by atoms with E-state index in [2.05, 4.69) is 25.8 Å². The van der Waals surface area contributed by atoms with Crippen molar-refractivity contribution in [2.24, 2.45) is 0 Å². The van der Waals surface area contributed by atoms with Gasteiger partial charge in [-0.05, 0) is 35.0 Å². The van der Waals surface area contributed by atoms with Gasteiger partial charge in [0.05, 0.1) is 11.3 Å². The van der Waals surface area contributed by atoms with E-state index in [0.29, 0.717) is 10.2 Å². The number of nitrogens with zero attached hydrogens (tertiary/aromatic N) is 2. The van der Waals surface area contributed by atoms with Crippen LogP contribution < -0.4 is 4.72 Å². The molecule has 0 aliphatic rings. The average molecular weight is 342 g/mol. The highest BCUT2D eigenvalue weighted by Gasteiger charge is 2.22. The van der Waals surface area contributed by atoms with E-state index in [1.165, 1.54) is 18.2 Å². The summed E-state index contributed by atoms with van der Waals surface area (Å²) in [5.41, 5.74) is 0.577. The van der Waals surface area contributed by atoms with E-state index in [4.69, 9.17) is 9.78 Å². The summed E-state index contributed by atoms with van der Waals surface area (Å²) in [7, 11) is -3.90. The third-order valence-corrected chi connectivity index (χ3v) is 4.64. The van der Waals surface area contributed by atoms with E-state index in [9.17, 15) is 8.42 Å². The van der Waals surface area contributed by atoms with Gasteiger partial charge in [-0.25, -0.2) is 13.1 Å². The maximum absolute atomic E-state index is 12.2. The standard InChI is InChI=1S/C11H8BrN3O3S/c1-7-10(12)11(18-14-7)15-19(16,17)9-5-3-2-4-8(9)6-13/h2-5,15H,1H3. The normalized spacial score (nSPS) is 11.0. The lowest BCUT2D eigenvalue weighted by molar-refractivity contribution is 0.430. The lowest BCUT2D eigenvalue weighted by atomic mass is 10.2. The highest BCUT2D eigenvalue weighted by Crippen LogP contribution is 2.28. The van der Waals surface area contributed by atoms with Crippen LogP contribution >= 0.6 is 15.9 Å². The fraction of sp³-hybridized carbons (Fsp3) is 0.0909. The van der Waals surface area contributed by atoms with Crippen molar-refractivity contribution in [2.45, 2.75) is 11.8 Å². The lowest BCUT2D eigenvalue weighted by Crippen LogP contribution is -2.14. The molecule has 0 saturated heterocycles. The largest absolute Gasteiger partial charge is 0.336 e. The number of hydrogen-bond donors (Lipinski definition) is 1. The third-order valence-electron chi connectivity index (χ3n) is 2.31. The van der Waals surface area contributed by atoms with Gasteiger partial charge in [-0.15, -0.1) is 0 Å². The molecule has 0 fully saturated rings. The van der Waals surface area contributed by atoms with Crippen molar-refractivity contribution in [1.82, 2.24) is 5.16 Å². The molecule has 19 heavy (non-hydrogen) atoms. The van der Waals surface area contributed by atoms with E-state index >= 15 is 0 Å². The molecule has 8 heteroatoms. The minimum atomic E-state index is -3.90. The predicted molar refractivity (Wildman–Crippen MR) is 70.9 cm³/mol. The highest BCUT2D eigenvalue weighted by atomic mass is 79.9. The number of nitrogens with one attached hydrogen (secondary N) is 1. The Bertz CT molecular complexity index is 762. The quantitative estimate of drug-likeness (QED) is 0.924. The number of hydrogen-bond acceptors (Lipinski definition) is 5. The van der Waals surface area contributed by atoms with Crippen molar-refractivity contribution in [1.29, 1.82) is 5.26 Å². The van der Waals surface area contributed by atoms with Crippen LogP contribution in [0.3, 0.4) is 0 Å². The summed E-state index contributed by atoms with van der Waals surface area (Å²) in [4.78, 5) is -0.113. The zero-order valence-corrected chi connectivity index (χ0v) is 12.1. The number of aryl methyl sites for hydroxylation is 1. The van der Waals surface area contributed by atoms with Gasteiger partial charge in [0, 0.05) is 0 Å². The number of benzene rings is 1. The van der Waals surface area contributed by atoms with Crippen molar-refractivity contribution in [3.63, 3.8) is 0 Å². The van der Waals surface area contributed by atoms with Crippen molar-refractivity contribution in [2.75, 3.05) is 4.72 Å². The molecule has 0 unspecified atom stereocenters. The molecular formula is C11H8BrN3O3S. The minimum absolute atomic E-state index is 0.0229. The van der Waals surface area contributed by atoms with E-state index < -0.39 is 10.0 Å². The van der Waals surface area contributed by atoms with Crippen LogP contribution in [0.15, 0.2) is 38.2 Å². The molecule has 0 aliphatic carbocycles. The van der Waals surface area contributed by atoms with E-state index in [1.807, 2.05) is 6.07 Å². The second-order valence-electron chi connectivity index (χ2n) is 3.62. The molecule has 1 aromatic carbocycles. The first kappa shape index (κ1) is 13.6. The van der Waals surface area contributed by atoms with Crippen LogP contribution in [0.2, 0.25) is 0 Å². The molecule has 2 rings (SSSR count). The average Bonchev–Trinajstić information content (AvgIpc) is 2.70. The van der Waals surface area contributed by atoms with E-state index in [0.717, 1.165) is 0 Å². The van der Waals surface area contributed by atoms with Gasteiger partial charge in [-0.3, -0.25) is 0 Å². The zero-order chi connectivity index (χ0) is 14.0. The molecule has 0 atom stereocenters. The molecule has 1 heterocycles. The minimum Gasteiger partial charge on any atom is -0.336 e. The van der Waals surface area contributed by atoms with Crippen LogP contribution in [-0.4, -0.2) is 13.6 Å². The van der Waals surface area contributed by atoms with Crippen LogP contribution in [0.25, 0.3) is 0 Å². The summed E-state index contributed by atoms with van der Waals surface area (Å²) >= 11 is 3.16. The molecule has 98 valence electrons. The molecule has 6 nitrogen and oxygen atoms in total. The first-order valence-corrected chi connectivity index (χ1v) is 7.37. The number of anilines is 1. The number of sulfonamides is 1. The van der Waals surface area contributed by atoms with Gasteiger partial charge < -0.3 is 4.52 Å². The fourth-order valence-corrected chi connectivity index (χ4v) is 2.92. The second kappa shape index (κ2) is 5.03. The Morgan fingerprint density at radius 3 is 2.68 bits per heavy atom. The summed E-state index contributed by atoms with van der Waals surface area (Å²) in [6, 6.07) is 7.73. The first-order chi connectivity index (χ1) is 8.95. The molecule has 1 N–H and O–H groups in total. The Morgan fingerprint density at radius 1 is 1.42 bits per heavy atom. The van der Waals surface area contributed by atoms with Crippen molar-refractivity contribution in [3.05, 3.63) is 40.0 Å². The monoisotopic (exact) mass is 341 g/mol. The van der Waals surface area contributed by atoms with Crippen LogP contribution in [0.5, 0.6) is 0 Å². The molecule has 1 aromatic heterocycles. The Kier molecular flexibility index (Phi) is 3.59. The van der Waals surface area contributed by atoms with Crippen molar-refractivity contribution in [3.8, 4) is 6.07 Å². The fourth-order valence-electron chi connectivity index (χ4n) is 1.39. The molecule has 2 aromatic rings. The van der Waals surface area contributed by atoms with E-state index in [1.54, 1.807) is 13.0 Å². The Labute approximate surface area is 118 Å². The van der Waals surface area contributed by atoms with Crippen LogP contribution in [0.4, 0.5) is 5.88 Å². The van der Waals surface area contributed by atoms with Gasteiger partial charge in [0.2, 0.25) is 0 Å². The smallest absolute Gasteiger partial charge is 0.265 e. The maximum Gasteiger partial charge on any atom is 0.265 e. The third kappa shape index (κ3) is 2.62. The Balaban J connectivity index is 2.44. The molecule has 0 radical (unpaired) electrons. The summed E-state index contributed by atoms with van der Waals surface area (Å²) < 4.78 is 31.9. The van der Waals surface area contributed by atoms with Crippen LogP contribution in [-0.2, 0) is 10.0 Å². The SMILES string of the molecule is Cc1noc(NS(=O)(=O)c2ccccc2C#N)c1Br. The molecule has 0 aliphatic heterocycles. The van der Waals surface area contributed by atoms with Gasteiger partial charge in [0.1, 0.15) is 15.4 Å². The maximum atomic E-state index is 12.2. The first-order valence-electron chi connectivity index (χ1n) is 5.09. The summed E-state index contributed by atoms with van der Waals surface area (Å²) in [6.45, 7) is 1.66.